The van der Waals surface area contributed by atoms with Gasteiger partial charge < -0.3 is 10.3 Å². The highest BCUT2D eigenvalue weighted by Crippen LogP contribution is 2.20. The van der Waals surface area contributed by atoms with Gasteiger partial charge in [-0.3, -0.25) is 4.98 Å². The van der Waals surface area contributed by atoms with E-state index in [4.69, 9.17) is 10.7 Å². The van der Waals surface area contributed by atoms with Crippen LogP contribution in [0, 0.1) is 0 Å². The first-order chi connectivity index (χ1) is 9.79. The lowest BCUT2D eigenvalue weighted by Crippen LogP contribution is -2.16. The second-order valence-corrected chi connectivity index (χ2v) is 4.86. The van der Waals surface area contributed by atoms with E-state index in [1.165, 1.54) is 5.52 Å². The second kappa shape index (κ2) is 5.43. The SMILES string of the molecule is CCn1c(CC(N)c2cccnc2)nc2ccccc21. The van der Waals surface area contributed by atoms with E-state index < -0.39 is 0 Å². The number of pyridine rings is 1. The fourth-order valence-corrected chi connectivity index (χ4v) is 2.54. The summed E-state index contributed by atoms with van der Waals surface area (Å²) >= 11 is 0. The molecule has 0 aliphatic rings. The fourth-order valence-electron chi connectivity index (χ4n) is 2.54. The Morgan fingerprint density at radius 3 is 2.80 bits per heavy atom. The van der Waals surface area contributed by atoms with Crippen molar-refractivity contribution < 1.29 is 0 Å². The molecule has 2 heterocycles. The van der Waals surface area contributed by atoms with Gasteiger partial charge in [-0.05, 0) is 30.7 Å². The van der Waals surface area contributed by atoms with Crippen molar-refractivity contribution in [3.63, 3.8) is 0 Å². The minimum Gasteiger partial charge on any atom is -0.328 e. The zero-order valence-electron chi connectivity index (χ0n) is 11.5. The van der Waals surface area contributed by atoms with Gasteiger partial charge in [0.05, 0.1) is 11.0 Å². The molecule has 1 unspecified atom stereocenters. The van der Waals surface area contributed by atoms with Gasteiger partial charge in [0.15, 0.2) is 0 Å². The van der Waals surface area contributed by atoms with Crippen LogP contribution >= 0.6 is 0 Å². The van der Waals surface area contributed by atoms with Gasteiger partial charge in [-0.25, -0.2) is 4.98 Å². The number of nitrogens with two attached hydrogens (primary N) is 1. The molecule has 0 radical (unpaired) electrons. The molecule has 0 aliphatic heterocycles. The maximum atomic E-state index is 6.28. The quantitative estimate of drug-likeness (QED) is 0.790. The summed E-state index contributed by atoms with van der Waals surface area (Å²) < 4.78 is 2.23. The molecule has 0 bridgehead atoms. The second-order valence-electron chi connectivity index (χ2n) is 4.86. The summed E-state index contributed by atoms with van der Waals surface area (Å²) in [6.07, 6.45) is 4.30. The smallest absolute Gasteiger partial charge is 0.111 e. The lowest BCUT2D eigenvalue weighted by molar-refractivity contribution is 0.636. The Balaban J connectivity index is 1.94. The number of imidazole rings is 1. The first-order valence-electron chi connectivity index (χ1n) is 6.89. The van der Waals surface area contributed by atoms with E-state index in [-0.39, 0.29) is 6.04 Å². The summed E-state index contributed by atoms with van der Waals surface area (Å²) in [6.45, 7) is 3.03. The summed E-state index contributed by atoms with van der Waals surface area (Å²) in [4.78, 5) is 8.84. The Morgan fingerprint density at radius 1 is 1.20 bits per heavy atom. The molecule has 0 fully saturated rings. The predicted octanol–water partition coefficient (Wildman–Crippen LogP) is 2.69. The largest absolute Gasteiger partial charge is 0.328 e. The number of hydrogen-bond acceptors (Lipinski definition) is 3. The zero-order chi connectivity index (χ0) is 13.9. The highest BCUT2D eigenvalue weighted by Gasteiger charge is 2.14. The van der Waals surface area contributed by atoms with E-state index in [1.807, 2.05) is 36.5 Å². The summed E-state index contributed by atoms with van der Waals surface area (Å²) in [5.41, 5.74) is 9.52. The first kappa shape index (κ1) is 12.8. The van der Waals surface area contributed by atoms with Gasteiger partial charge in [-0.15, -0.1) is 0 Å². The lowest BCUT2D eigenvalue weighted by Gasteiger charge is -2.12. The van der Waals surface area contributed by atoms with Crippen molar-refractivity contribution in [3.05, 3.63) is 60.2 Å². The molecule has 2 N–H and O–H groups in total. The number of aromatic nitrogens is 3. The number of benzene rings is 1. The molecule has 1 aromatic carbocycles. The molecule has 20 heavy (non-hydrogen) atoms. The average molecular weight is 266 g/mol. The zero-order valence-corrected chi connectivity index (χ0v) is 11.5. The van der Waals surface area contributed by atoms with Crippen molar-refractivity contribution in [1.29, 1.82) is 0 Å². The number of fused-ring (bicyclic) bond motifs is 1. The summed E-state index contributed by atoms with van der Waals surface area (Å²) in [5, 5.41) is 0. The number of hydrogen-bond donors (Lipinski definition) is 1. The van der Waals surface area contributed by atoms with Gasteiger partial charge in [0.2, 0.25) is 0 Å². The molecule has 102 valence electrons. The molecule has 4 nitrogen and oxygen atoms in total. The molecule has 2 aromatic heterocycles. The van der Waals surface area contributed by atoms with Crippen molar-refractivity contribution >= 4 is 11.0 Å². The highest BCUT2D eigenvalue weighted by atomic mass is 15.1. The van der Waals surface area contributed by atoms with E-state index in [2.05, 4.69) is 22.5 Å². The first-order valence-corrected chi connectivity index (χ1v) is 6.89. The van der Waals surface area contributed by atoms with Gasteiger partial charge in [0, 0.05) is 31.4 Å². The Hall–Kier alpha value is -2.20. The van der Waals surface area contributed by atoms with Gasteiger partial charge in [-0.1, -0.05) is 18.2 Å². The maximum absolute atomic E-state index is 6.28. The van der Waals surface area contributed by atoms with Crippen LogP contribution in [0.1, 0.15) is 24.4 Å². The molecule has 0 saturated heterocycles. The topological polar surface area (TPSA) is 56.7 Å². The molecular formula is C16H18N4. The van der Waals surface area contributed by atoms with Crippen LogP contribution in [-0.2, 0) is 13.0 Å². The minimum absolute atomic E-state index is 0.0780. The predicted molar refractivity (Wildman–Crippen MR) is 80.3 cm³/mol. The number of aryl methyl sites for hydroxylation is 1. The van der Waals surface area contributed by atoms with Gasteiger partial charge in [0.25, 0.3) is 0 Å². The summed E-state index contributed by atoms with van der Waals surface area (Å²) in [5.74, 6) is 1.03. The monoisotopic (exact) mass is 266 g/mol. The van der Waals surface area contributed by atoms with Crippen molar-refractivity contribution in [2.24, 2.45) is 5.73 Å². The number of rotatable bonds is 4. The van der Waals surface area contributed by atoms with Gasteiger partial charge in [-0.2, -0.15) is 0 Å². The van der Waals surface area contributed by atoms with Gasteiger partial charge >= 0.3 is 0 Å². The Kier molecular flexibility index (Phi) is 3.48. The van der Waals surface area contributed by atoms with Crippen LogP contribution in [0.15, 0.2) is 48.8 Å². The molecule has 0 saturated carbocycles. The molecule has 4 heteroatoms. The standard InChI is InChI=1S/C16H18N4/c1-2-20-15-8-4-3-7-14(15)19-16(20)10-13(17)12-6-5-9-18-11-12/h3-9,11,13H,2,10,17H2,1H3. The van der Waals surface area contributed by atoms with Gasteiger partial charge in [0.1, 0.15) is 5.82 Å². The van der Waals surface area contributed by atoms with Crippen LogP contribution in [-0.4, -0.2) is 14.5 Å². The van der Waals surface area contributed by atoms with Crippen molar-refractivity contribution in [3.8, 4) is 0 Å². The molecule has 3 rings (SSSR count). The van der Waals surface area contributed by atoms with Crippen LogP contribution in [0.2, 0.25) is 0 Å². The van der Waals surface area contributed by atoms with Crippen LogP contribution in [0.4, 0.5) is 0 Å². The highest BCUT2D eigenvalue weighted by molar-refractivity contribution is 5.75. The third-order valence-electron chi connectivity index (χ3n) is 3.56. The number of nitrogens with zero attached hydrogens (tertiary/aromatic N) is 3. The third kappa shape index (κ3) is 2.30. The van der Waals surface area contributed by atoms with E-state index in [1.54, 1.807) is 6.20 Å². The molecule has 0 aliphatic carbocycles. The Bertz CT molecular complexity index is 703. The number of para-hydroxylation sites is 2. The van der Waals surface area contributed by atoms with Crippen molar-refractivity contribution in [1.82, 2.24) is 14.5 Å². The van der Waals surface area contributed by atoms with E-state index in [0.29, 0.717) is 6.42 Å². The molecule has 0 amide bonds. The van der Waals surface area contributed by atoms with E-state index in [0.717, 1.165) is 23.4 Å². The fraction of sp³-hybridized carbons (Fsp3) is 0.250. The molecular weight excluding hydrogens is 248 g/mol. The van der Waals surface area contributed by atoms with Crippen LogP contribution in [0.3, 0.4) is 0 Å². The molecule has 3 aromatic rings. The normalized spacial score (nSPS) is 12.7. The summed E-state index contributed by atoms with van der Waals surface area (Å²) in [6, 6.07) is 12.0. The van der Waals surface area contributed by atoms with E-state index >= 15 is 0 Å². The Labute approximate surface area is 118 Å². The molecule has 1 atom stereocenters. The molecule has 0 spiro atoms. The summed E-state index contributed by atoms with van der Waals surface area (Å²) in [7, 11) is 0. The van der Waals surface area contributed by atoms with Crippen LogP contribution in [0.5, 0.6) is 0 Å². The Morgan fingerprint density at radius 2 is 2.05 bits per heavy atom. The van der Waals surface area contributed by atoms with Crippen LogP contribution < -0.4 is 5.73 Å². The maximum Gasteiger partial charge on any atom is 0.111 e. The van der Waals surface area contributed by atoms with Crippen molar-refractivity contribution in [2.75, 3.05) is 0 Å². The lowest BCUT2D eigenvalue weighted by atomic mass is 10.1. The van der Waals surface area contributed by atoms with Crippen molar-refractivity contribution in [2.45, 2.75) is 25.9 Å². The average Bonchev–Trinajstić information content (AvgIpc) is 2.85. The minimum atomic E-state index is -0.0780. The van der Waals surface area contributed by atoms with Crippen LogP contribution in [0.25, 0.3) is 11.0 Å². The van der Waals surface area contributed by atoms with E-state index in [9.17, 15) is 0 Å². The third-order valence-corrected chi connectivity index (χ3v) is 3.56.